The summed E-state index contributed by atoms with van der Waals surface area (Å²) < 4.78 is 0. The van der Waals surface area contributed by atoms with E-state index in [2.05, 4.69) is 5.32 Å². The zero-order valence-corrected chi connectivity index (χ0v) is 6.55. The zero-order valence-electron chi connectivity index (χ0n) is 6.55. The van der Waals surface area contributed by atoms with Crippen molar-refractivity contribution in [3.63, 3.8) is 0 Å². The van der Waals surface area contributed by atoms with Gasteiger partial charge in [-0.15, -0.1) is 0 Å². The van der Waals surface area contributed by atoms with Crippen molar-refractivity contribution < 1.29 is 14.7 Å². The molecule has 0 aromatic rings. The smallest absolute Gasteiger partial charge is 0.251 e. The fourth-order valence-electron chi connectivity index (χ4n) is 0.384. The Bertz CT molecular complexity index is 171. The summed E-state index contributed by atoms with van der Waals surface area (Å²) in [6.07, 6.45) is 0. The number of hydrogen-bond acceptors (Lipinski definition) is 3. The summed E-state index contributed by atoms with van der Waals surface area (Å²) in [5.74, 6) is -1.25. The normalized spacial score (nSPS) is 10.8. The highest BCUT2D eigenvalue weighted by Crippen LogP contribution is 1.98. The van der Waals surface area contributed by atoms with Gasteiger partial charge < -0.3 is 16.2 Å². The Morgan fingerprint density at radius 3 is 2.27 bits per heavy atom. The highest BCUT2D eigenvalue weighted by Gasteiger charge is 2.23. The Morgan fingerprint density at radius 2 is 2.00 bits per heavy atom. The molecule has 0 spiro atoms. The lowest BCUT2D eigenvalue weighted by atomic mass is 10.1. The SMILES string of the molecule is CC(C)(O)C(=O)NCC(N)=O. The van der Waals surface area contributed by atoms with Crippen molar-refractivity contribution in [3.8, 4) is 0 Å². The first kappa shape index (κ1) is 9.90. The summed E-state index contributed by atoms with van der Waals surface area (Å²) in [7, 11) is 0. The predicted octanol–water partition coefficient (Wildman–Crippen LogP) is -1.64. The van der Waals surface area contributed by atoms with E-state index in [0.29, 0.717) is 0 Å². The van der Waals surface area contributed by atoms with Crippen LogP contribution in [0.2, 0.25) is 0 Å². The first-order valence-corrected chi connectivity index (χ1v) is 3.13. The summed E-state index contributed by atoms with van der Waals surface area (Å²) in [6, 6.07) is 0. The first-order chi connectivity index (χ1) is 4.84. The maximum absolute atomic E-state index is 10.8. The van der Waals surface area contributed by atoms with E-state index >= 15 is 0 Å². The number of rotatable bonds is 3. The molecule has 0 bridgehead atoms. The Hall–Kier alpha value is -1.10. The van der Waals surface area contributed by atoms with Crippen LogP contribution in [-0.2, 0) is 9.59 Å². The van der Waals surface area contributed by atoms with Gasteiger partial charge in [0.1, 0.15) is 5.60 Å². The fraction of sp³-hybridized carbons (Fsp3) is 0.667. The summed E-state index contributed by atoms with van der Waals surface area (Å²) in [5.41, 5.74) is 3.29. The van der Waals surface area contributed by atoms with Crippen LogP contribution in [-0.4, -0.2) is 29.1 Å². The van der Waals surface area contributed by atoms with E-state index in [-0.39, 0.29) is 6.54 Å². The van der Waals surface area contributed by atoms with Crippen LogP contribution in [0.1, 0.15) is 13.8 Å². The van der Waals surface area contributed by atoms with E-state index in [4.69, 9.17) is 10.8 Å². The number of hydrogen-bond donors (Lipinski definition) is 3. The number of aliphatic hydroxyl groups is 1. The highest BCUT2D eigenvalue weighted by atomic mass is 16.3. The van der Waals surface area contributed by atoms with E-state index in [1.165, 1.54) is 13.8 Å². The highest BCUT2D eigenvalue weighted by molar-refractivity contribution is 5.88. The molecule has 0 aliphatic carbocycles. The van der Waals surface area contributed by atoms with Gasteiger partial charge in [-0.3, -0.25) is 9.59 Å². The number of nitrogens with one attached hydrogen (secondary N) is 1. The average molecular weight is 160 g/mol. The summed E-state index contributed by atoms with van der Waals surface area (Å²) in [4.78, 5) is 21.0. The van der Waals surface area contributed by atoms with Crippen LogP contribution < -0.4 is 11.1 Å². The molecular formula is C6H12N2O3. The van der Waals surface area contributed by atoms with E-state index in [0.717, 1.165) is 0 Å². The van der Waals surface area contributed by atoms with E-state index in [1.807, 2.05) is 0 Å². The van der Waals surface area contributed by atoms with Crippen molar-refractivity contribution in [2.75, 3.05) is 6.54 Å². The lowest BCUT2D eigenvalue weighted by Gasteiger charge is -2.15. The molecule has 4 N–H and O–H groups in total. The van der Waals surface area contributed by atoms with Gasteiger partial charge in [0.2, 0.25) is 5.91 Å². The third kappa shape index (κ3) is 4.32. The molecule has 0 radical (unpaired) electrons. The minimum absolute atomic E-state index is 0.247. The number of nitrogens with two attached hydrogens (primary N) is 1. The maximum Gasteiger partial charge on any atom is 0.251 e. The predicted molar refractivity (Wildman–Crippen MR) is 38.5 cm³/mol. The van der Waals surface area contributed by atoms with Crippen molar-refractivity contribution in [2.45, 2.75) is 19.4 Å². The third-order valence-electron chi connectivity index (χ3n) is 0.979. The zero-order chi connectivity index (χ0) is 9.07. The van der Waals surface area contributed by atoms with E-state index in [1.54, 1.807) is 0 Å². The molecular weight excluding hydrogens is 148 g/mol. The molecule has 5 heteroatoms. The van der Waals surface area contributed by atoms with Crippen LogP contribution in [0.15, 0.2) is 0 Å². The van der Waals surface area contributed by atoms with Gasteiger partial charge in [-0.05, 0) is 13.8 Å². The second-order valence-corrected chi connectivity index (χ2v) is 2.71. The maximum atomic E-state index is 10.8. The van der Waals surface area contributed by atoms with Gasteiger partial charge in [0.25, 0.3) is 5.91 Å². The minimum atomic E-state index is -1.46. The molecule has 0 fully saturated rings. The van der Waals surface area contributed by atoms with Crippen molar-refractivity contribution in [1.82, 2.24) is 5.32 Å². The molecule has 5 nitrogen and oxygen atoms in total. The molecule has 0 heterocycles. The van der Waals surface area contributed by atoms with Crippen LogP contribution in [0.4, 0.5) is 0 Å². The molecule has 0 aromatic heterocycles. The fourth-order valence-corrected chi connectivity index (χ4v) is 0.384. The average Bonchev–Trinajstić information content (AvgIpc) is 1.80. The quantitative estimate of drug-likeness (QED) is 0.462. The van der Waals surface area contributed by atoms with Gasteiger partial charge in [-0.25, -0.2) is 0 Å². The lowest BCUT2D eigenvalue weighted by molar-refractivity contribution is -0.137. The number of primary amides is 1. The first-order valence-electron chi connectivity index (χ1n) is 3.13. The Kier molecular flexibility index (Phi) is 3.00. The Balaban J connectivity index is 3.80. The molecule has 2 amide bonds. The van der Waals surface area contributed by atoms with Gasteiger partial charge in [0.15, 0.2) is 0 Å². The molecule has 0 unspecified atom stereocenters. The standard InChI is InChI=1S/C6H12N2O3/c1-6(2,11)5(10)8-3-4(7)9/h11H,3H2,1-2H3,(H2,7,9)(H,8,10). The molecule has 64 valence electrons. The number of carbonyl (C=O) groups excluding carboxylic acids is 2. The van der Waals surface area contributed by atoms with Crippen LogP contribution in [0, 0.1) is 0 Å². The summed E-state index contributed by atoms with van der Waals surface area (Å²) in [5, 5.41) is 11.2. The van der Waals surface area contributed by atoms with Crippen LogP contribution in [0.3, 0.4) is 0 Å². The Morgan fingerprint density at radius 1 is 1.55 bits per heavy atom. The molecule has 0 rings (SSSR count). The monoisotopic (exact) mass is 160 g/mol. The third-order valence-corrected chi connectivity index (χ3v) is 0.979. The molecule has 0 atom stereocenters. The molecule has 0 saturated heterocycles. The summed E-state index contributed by atoms with van der Waals surface area (Å²) >= 11 is 0. The van der Waals surface area contributed by atoms with E-state index < -0.39 is 17.4 Å². The van der Waals surface area contributed by atoms with Gasteiger partial charge in [-0.2, -0.15) is 0 Å². The molecule has 0 aromatic carbocycles. The Labute approximate surface area is 64.6 Å². The van der Waals surface area contributed by atoms with Crippen molar-refractivity contribution >= 4 is 11.8 Å². The largest absolute Gasteiger partial charge is 0.381 e. The van der Waals surface area contributed by atoms with Gasteiger partial charge in [-0.1, -0.05) is 0 Å². The van der Waals surface area contributed by atoms with Crippen molar-refractivity contribution in [1.29, 1.82) is 0 Å². The van der Waals surface area contributed by atoms with Gasteiger partial charge in [0.05, 0.1) is 6.54 Å². The lowest BCUT2D eigenvalue weighted by Crippen LogP contribution is -2.45. The minimum Gasteiger partial charge on any atom is -0.381 e. The van der Waals surface area contributed by atoms with Crippen molar-refractivity contribution in [2.24, 2.45) is 5.73 Å². The number of carbonyl (C=O) groups is 2. The molecule has 11 heavy (non-hydrogen) atoms. The van der Waals surface area contributed by atoms with Crippen LogP contribution in [0.25, 0.3) is 0 Å². The molecule has 0 aliphatic heterocycles. The van der Waals surface area contributed by atoms with Crippen LogP contribution >= 0.6 is 0 Å². The van der Waals surface area contributed by atoms with Crippen LogP contribution in [0.5, 0.6) is 0 Å². The van der Waals surface area contributed by atoms with Gasteiger partial charge in [0, 0.05) is 0 Å². The van der Waals surface area contributed by atoms with E-state index in [9.17, 15) is 9.59 Å². The van der Waals surface area contributed by atoms with Gasteiger partial charge >= 0.3 is 0 Å². The second-order valence-electron chi connectivity index (χ2n) is 2.71. The van der Waals surface area contributed by atoms with Crippen molar-refractivity contribution in [3.05, 3.63) is 0 Å². The number of amides is 2. The molecule has 0 saturated carbocycles. The second kappa shape index (κ2) is 3.34. The topological polar surface area (TPSA) is 92.4 Å². The summed E-state index contributed by atoms with van der Waals surface area (Å²) in [6.45, 7) is 2.40. The molecule has 0 aliphatic rings.